The molecule has 0 aromatic carbocycles. The quantitative estimate of drug-likeness (QED) is 0.319. The van der Waals surface area contributed by atoms with Crippen LogP contribution in [-0.2, 0) is 14.3 Å². The second kappa shape index (κ2) is 16.8. The van der Waals surface area contributed by atoms with E-state index in [9.17, 15) is 14.4 Å². The summed E-state index contributed by atoms with van der Waals surface area (Å²) in [7, 11) is 0. The Kier molecular flexibility index (Phi) is 14.9. The molecular formula is C26H49N3O4. The summed E-state index contributed by atoms with van der Waals surface area (Å²) in [4.78, 5) is 38.5. The minimum absolute atomic E-state index is 0.0415. The summed E-state index contributed by atoms with van der Waals surface area (Å²) >= 11 is 0. The number of nitrogens with one attached hydrogen (secondary N) is 2. The van der Waals surface area contributed by atoms with E-state index in [1.165, 1.54) is 51.4 Å². The number of unbranched alkanes of at least 4 members (excludes halogenated alkanes) is 9. The van der Waals surface area contributed by atoms with Gasteiger partial charge in [0.25, 0.3) is 0 Å². The predicted molar refractivity (Wildman–Crippen MR) is 133 cm³/mol. The van der Waals surface area contributed by atoms with Crippen molar-refractivity contribution in [3.05, 3.63) is 0 Å². The highest BCUT2D eigenvalue weighted by Gasteiger charge is 2.26. The van der Waals surface area contributed by atoms with E-state index in [0.717, 1.165) is 38.6 Å². The van der Waals surface area contributed by atoms with Crippen LogP contribution in [0.25, 0.3) is 0 Å². The average Bonchev–Trinajstić information content (AvgIpc) is 2.76. The first kappa shape index (κ1) is 29.2. The minimum Gasteiger partial charge on any atom is -0.444 e. The molecule has 1 aliphatic rings. The molecule has 0 aromatic heterocycles. The van der Waals surface area contributed by atoms with Gasteiger partial charge >= 0.3 is 6.09 Å². The molecule has 0 bridgehead atoms. The molecule has 1 fully saturated rings. The third-order valence-electron chi connectivity index (χ3n) is 6.02. The van der Waals surface area contributed by atoms with Crippen LogP contribution in [0.15, 0.2) is 0 Å². The van der Waals surface area contributed by atoms with Crippen molar-refractivity contribution in [3.8, 4) is 0 Å². The lowest BCUT2D eigenvalue weighted by Gasteiger charge is -2.36. The van der Waals surface area contributed by atoms with Crippen LogP contribution in [0.2, 0.25) is 0 Å². The molecule has 7 heteroatoms. The van der Waals surface area contributed by atoms with Gasteiger partial charge in [0.05, 0.1) is 6.54 Å². The van der Waals surface area contributed by atoms with Crippen molar-refractivity contribution in [3.63, 3.8) is 0 Å². The van der Waals surface area contributed by atoms with Gasteiger partial charge in [0.1, 0.15) is 5.60 Å². The van der Waals surface area contributed by atoms with Gasteiger partial charge in [-0.25, -0.2) is 4.79 Å². The number of piperidine rings is 1. The summed E-state index contributed by atoms with van der Waals surface area (Å²) in [5.41, 5.74) is -0.599. The van der Waals surface area contributed by atoms with Crippen molar-refractivity contribution in [2.75, 3.05) is 19.6 Å². The summed E-state index contributed by atoms with van der Waals surface area (Å²) in [6, 6.07) is 0.0415. The SMILES string of the molecule is CCCCCCCCCCCCC(=O)N1CCCCC1CNC(=O)CNC(=O)OC(C)(C)C. The summed E-state index contributed by atoms with van der Waals surface area (Å²) in [5, 5.41) is 5.33. The van der Waals surface area contributed by atoms with Gasteiger partial charge in [0.2, 0.25) is 11.8 Å². The second-order valence-electron chi connectivity index (χ2n) is 10.3. The number of rotatable bonds is 15. The summed E-state index contributed by atoms with van der Waals surface area (Å²) in [6.45, 7) is 8.64. The summed E-state index contributed by atoms with van der Waals surface area (Å²) in [6.07, 6.45) is 15.6. The zero-order valence-corrected chi connectivity index (χ0v) is 21.7. The van der Waals surface area contributed by atoms with Crippen LogP contribution in [0, 0.1) is 0 Å². The average molecular weight is 468 g/mol. The molecule has 7 nitrogen and oxygen atoms in total. The van der Waals surface area contributed by atoms with Gasteiger partial charge in [-0.3, -0.25) is 9.59 Å². The Morgan fingerprint density at radius 2 is 1.48 bits per heavy atom. The molecule has 0 radical (unpaired) electrons. The van der Waals surface area contributed by atoms with Crippen molar-refractivity contribution in [1.82, 2.24) is 15.5 Å². The third-order valence-corrected chi connectivity index (χ3v) is 6.02. The minimum atomic E-state index is -0.608. The lowest BCUT2D eigenvalue weighted by molar-refractivity contribution is -0.135. The summed E-state index contributed by atoms with van der Waals surface area (Å²) in [5.74, 6) is -0.0612. The number of likely N-dealkylation sites (tertiary alicyclic amines) is 1. The smallest absolute Gasteiger partial charge is 0.408 e. The van der Waals surface area contributed by atoms with E-state index in [-0.39, 0.29) is 24.4 Å². The van der Waals surface area contributed by atoms with E-state index in [4.69, 9.17) is 4.74 Å². The molecule has 2 N–H and O–H groups in total. The number of nitrogens with zero attached hydrogens (tertiary/aromatic N) is 1. The van der Waals surface area contributed by atoms with Crippen LogP contribution in [-0.4, -0.2) is 54.1 Å². The first-order valence-corrected chi connectivity index (χ1v) is 13.3. The molecule has 1 heterocycles. The van der Waals surface area contributed by atoms with Gasteiger partial charge in [-0.2, -0.15) is 0 Å². The Balaban J connectivity index is 2.21. The topological polar surface area (TPSA) is 87.7 Å². The lowest BCUT2D eigenvalue weighted by Crippen LogP contribution is -2.50. The van der Waals surface area contributed by atoms with Gasteiger partial charge in [-0.05, 0) is 46.5 Å². The lowest BCUT2D eigenvalue weighted by atomic mass is 10.0. The zero-order chi connectivity index (χ0) is 24.5. The molecule has 0 saturated carbocycles. The van der Waals surface area contributed by atoms with Crippen molar-refractivity contribution in [2.24, 2.45) is 0 Å². The molecule has 1 aliphatic heterocycles. The molecule has 1 unspecified atom stereocenters. The number of amides is 3. The maximum absolute atomic E-state index is 12.8. The molecule has 3 amide bonds. The highest BCUT2D eigenvalue weighted by atomic mass is 16.6. The van der Waals surface area contributed by atoms with Crippen molar-refractivity contribution in [1.29, 1.82) is 0 Å². The fraction of sp³-hybridized carbons (Fsp3) is 0.885. The molecule has 1 atom stereocenters. The third kappa shape index (κ3) is 14.9. The van der Waals surface area contributed by atoms with E-state index in [1.807, 2.05) is 4.90 Å². The molecule has 192 valence electrons. The van der Waals surface area contributed by atoms with Gasteiger partial charge in [-0.15, -0.1) is 0 Å². The number of ether oxygens (including phenoxy) is 1. The van der Waals surface area contributed by atoms with E-state index in [2.05, 4.69) is 17.6 Å². The maximum Gasteiger partial charge on any atom is 0.408 e. The molecule has 1 saturated heterocycles. The van der Waals surface area contributed by atoms with Crippen LogP contribution in [0.1, 0.15) is 118 Å². The van der Waals surface area contributed by atoms with Crippen LogP contribution < -0.4 is 10.6 Å². The normalized spacial score (nSPS) is 16.4. The van der Waals surface area contributed by atoms with Gasteiger partial charge in [0.15, 0.2) is 0 Å². The van der Waals surface area contributed by atoms with E-state index in [1.54, 1.807) is 20.8 Å². The van der Waals surface area contributed by atoms with Gasteiger partial charge < -0.3 is 20.3 Å². The van der Waals surface area contributed by atoms with Crippen molar-refractivity contribution < 1.29 is 19.1 Å². The number of carbonyl (C=O) groups is 3. The number of hydrogen-bond donors (Lipinski definition) is 2. The largest absolute Gasteiger partial charge is 0.444 e. The molecule has 0 aromatic rings. The van der Waals surface area contributed by atoms with Crippen LogP contribution in [0.3, 0.4) is 0 Å². The van der Waals surface area contributed by atoms with E-state index >= 15 is 0 Å². The Labute approximate surface area is 201 Å². The number of hydrogen-bond acceptors (Lipinski definition) is 4. The predicted octanol–water partition coefficient (Wildman–Crippen LogP) is 5.32. The Bertz CT molecular complexity index is 574. The first-order chi connectivity index (χ1) is 15.7. The van der Waals surface area contributed by atoms with Crippen LogP contribution in [0.5, 0.6) is 0 Å². The van der Waals surface area contributed by atoms with Crippen molar-refractivity contribution >= 4 is 17.9 Å². The molecule has 33 heavy (non-hydrogen) atoms. The van der Waals surface area contributed by atoms with Crippen LogP contribution >= 0.6 is 0 Å². The molecular weight excluding hydrogens is 418 g/mol. The molecule has 0 spiro atoms. The Morgan fingerprint density at radius 1 is 0.879 bits per heavy atom. The summed E-state index contributed by atoms with van der Waals surface area (Å²) < 4.78 is 5.14. The van der Waals surface area contributed by atoms with Gasteiger partial charge in [0, 0.05) is 25.6 Å². The second-order valence-corrected chi connectivity index (χ2v) is 10.3. The Morgan fingerprint density at radius 3 is 2.09 bits per heavy atom. The van der Waals surface area contributed by atoms with E-state index < -0.39 is 11.7 Å². The zero-order valence-electron chi connectivity index (χ0n) is 21.7. The highest BCUT2D eigenvalue weighted by Crippen LogP contribution is 2.19. The van der Waals surface area contributed by atoms with Crippen molar-refractivity contribution in [2.45, 2.75) is 129 Å². The fourth-order valence-electron chi connectivity index (χ4n) is 4.21. The first-order valence-electron chi connectivity index (χ1n) is 13.3. The molecule has 0 aliphatic carbocycles. The highest BCUT2D eigenvalue weighted by molar-refractivity contribution is 5.82. The fourth-order valence-corrected chi connectivity index (χ4v) is 4.21. The number of carbonyl (C=O) groups excluding carboxylic acids is 3. The number of alkyl carbamates (subject to hydrolysis) is 1. The maximum atomic E-state index is 12.8. The van der Waals surface area contributed by atoms with E-state index in [0.29, 0.717) is 13.0 Å². The monoisotopic (exact) mass is 467 g/mol. The standard InChI is InChI=1S/C26H49N3O4/c1-5-6-7-8-9-10-11-12-13-14-18-24(31)29-19-16-15-17-22(29)20-27-23(30)21-28-25(32)33-26(2,3)4/h22H,5-21H2,1-4H3,(H,27,30)(H,28,32). The Hall–Kier alpha value is -1.79. The molecule has 1 rings (SSSR count). The van der Waals surface area contributed by atoms with Gasteiger partial charge in [-0.1, -0.05) is 64.7 Å². The van der Waals surface area contributed by atoms with Crippen LogP contribution in [0.4, 0.5) is 4.79 Å².